The molecule has 0 N–H and O–H groups in total. The van der Waals surface area contributed by atoms with Crippen LogP contribution in [0.5, 0.6) is 0 Å². The fraction of sp³-hybridized carbons (Fsp3) is 0.429. The van der Waals surface area contributed by atoms with Crippen LogP contribution in [0.15, 0.2) is 60.7 Å². The molecule has 0 spiro atoms. The van der Waals surface area contributed by atoms with Gasteiger partial charge in [-0.3, -0.25) is 0 Å². The number of benzene rings is 2. The van der Waals surface area contributed by atoms with Crippen molar-refractivity contribution in [2.75, 3.05) is 0 Å². The van der Waals surface area contributed by atoms with Crippen molar-refractivity contribution in [3.63, 3.8) is 0 Å². The maximum atomic E-state index is 6.11. The Bertz CT molecular complexity index is 545. The van der Waals surface area contributed by atoms with E-state index in [0.717, 1.165) is 6.42 Å². The Labute approximate surface area is 144 Å². The summed E-state index contributed by atoms with van der Waals surface area (Å²) in [7, 11) is 0. The second kappa shape index (κ2) is 8.43. The monoisotopic (exact) mass is 326 g/mol. The Kier molecular flexibility index (Phi) is 6.02. The molecule has 0 radical (unpaired) electrons. The normalized spacial score (nSPS) is 27.1. The Balaban J connectivity index is 1.53. The highest BCUT2D eigenvalue weighted by molar-refractivity contribution is 5.14. The van der Waals surface area contributed by atoms with Gasteiger partial charge in [0.05, 0.1) is 37.6 Å². The minimum Gasteiger partial charge on any atom is -0.371 e. The summed E-state index contributed by atoms with van der Waals surface area (Å²) in [5.74, 6) is 0. The average molecular weight is 326 g/mol. The van der Waals surface area contributed by atoms with E-state index in [2.05, 4.69) is 38.1 Å². The van der Waals surface area contributed by atoms with Crippen molar-refractivity contribution in [3.05, 3.63) is 71.8 Å². The van der Waals surface area contributed by atoms with Crippen LogP contribution in [-0.2, 0) is 27.4 Å². The Morgan fingerprint density at radius 2 is 1.17 bits per heavy atom. The van der Waals surface area contributed by atoms with Gasteiger partial charge in [0.25, 0.3) is 0 Å². The first-order chi connectivity index (χ1) is 11.7. The zero-order valence-corrected chi connectivity index (χ0v) is 14.4. The van der Waals surface area contributed by atoms with Gasteiger partial charge in [0.1, 0.15) is 0 Å². The molecule has 1 aliphatic heterocycles. The van der Waals surface area contributed by atoms with Crippen LogP contribution in [0.2, 0.25) is 0 Å². The fourth-order valence-corrected chi connectivity index (χ4v) is 3.09. The van der Waals surface area contributed by atoms with Gasteiger partial charge in [0.15, 0.2) is 0 Å². The van der Waals surface area contributed by atoms with Gasteiger partial charge in [-0.2, -0.15) is 0 Å². The second-order valence-electron chi connectivity index (χ2n) is 6.45. The molecule has 4 atom stereocenters. The molecule has 0 aliphatic carbocycles. The zero-order chi connectivity index (χ0) is 16.8. The molecular formula is C21H26O3. The standard InChI is InChI=1S/C21H26O3/c1-16-20(22-14-18-9-5-3-6-10-18)13-21(17(2)24-16)23-15-19-11-7-4-8-12-19/h3-12,16-17,20-21H,13-15H2,1-2H3/t16?,17?,20-,21?/m1/s1. The molecule has 1 fully saturated rings. The molecule has 3 rings (SSSR count). The molecule has 0 bridgehead atoms. The fourth-order valence-electron chi connectivity index (χ4n) is 3.09. The first-order valence-electron chi connectivity index (χ1n) is 8.69. The van der Waals surface area contributed by atoms with Crippen molar-refractivity contribution in [2.45, 2.75) is 57.9 Å². The summed E-state index contributed by atoms with van der Waals surface area (Å²) in [6, 6.07) is 20.5. The molecule has 2 aromatic carbocycles. The SMILES string of the molecule is CC1OC(C)[C@H](OCc2ccccc2)CC1OCc1ccccc1. The van der Waals surface area contributed by atoms with Crippen LogP contribution in [0.1, 0.15) is 31.4 Å². The van der Waals surface area contributed by atoms with Gasteiger partial charge in [-0.1, -0.05) is 60.7 Å². The largest absolute Gasteiger partial charge is 0.371 e. The van der Waals surface area contributed by atoms with Gasteiger partial charge >= 0.3 is 0 Å². The molecule has 3 unspecified atom stereocenters. The van der Waals surface area contributed by atoms with Gasteiger partial charge in [0, 0.05) is 6.42 Å². The van der Waals surface area contributed by atoms with E-state index in [1.54, 1.807) is 0 Å². The van der Waals surface area contributed by atoms with Crippen LogP contribution in [-0.4, -0.2) is 24.4 Å². The third kappa shape index (κ3) is 4.67. The van der Waals surface area contributed by atoms with Crippen LogP contribution in [0.25, 0.3) is 0 Å². The third-order valence-corrected chi connectivity index (χ3v) is 4.55. The van der Waals surface area contributed by atoms with Crippen molar-refractivity contribution in [1.29, 1.82) is 0 Å². The molecule has 3 nitrogen and oxygen atoms in total. The summed E-state index contributed by atoms with van der Waals surface area (Å²) in [4.78, 5) is 0. The van der Waals surface area contributed by atoms with E-state index < -0.39 is 0 Å². The first kappa shape index (κ1) is 17.2. The highest BCUT2D eigenvalue weighted by Crippen LogP contribution is 2.26. The summed E-state index contributed by atoms with van der Waals surface area (Å²) < 4.78 is 18.3. The Hall–Kier alpha value is -1.68. The average Bonchev–Trinajstić information content (AvgIpc) is 2.62. The number of hydrogen-bond donors (Lipinski definition) is 0. The minimum atomic E-state index is 0.0576. The molecule has 3 heteroatoms. The van der Waals surface area contributed by atoms with Crippen molar-refractivity contribution in [1.82, 2.24) is 0 Å². The number of ether oxygens (including phenoxy) is 3. The molecule has 1 aliphatic rings. The summed E-state index contributed by atoms with van der Waals surface area (Å²) in [6.45, 7) is 5.39. The van der Waals surface area contributed by atoms with Crippen molar-refractivity contribution in [3.8, 4) is 0 Å². The van der Waals surface area contributed by atoms with Gasteiger partial charge in [-0.05, 0) is 25.0 Å². The maximum absolute atomic E-state index is 6.11. The van der Waals surface area contributed by atoms with Gasteiger partial charge in [-0.15, -0.1) is 0 Å². The van der Waals surface area contributed by atoms with E-state index in [0.29, 0.717) is 13.2 Å². The smallest absolute Gasteiger partial charge is 0.0864 e. The summed E-state index contributed by atoms with van der Waals surface area (Å²) >= 11 is 0. The zero-order valence-electron chi connectivity index (χ0n) is 14.4. The molecule has 0 amide bonds. The lowest BCUT2D eigenvalue weighted by Gasteiger charge is -2.38. The molecular weight excluding hydrogens is 300 g/mol. The maximum Gasteiger partial charge on any atom is 0.0864 e. The molecule has 1 heterocycles. The topological polar surface area (TPSA) is 27.7 Å². The van der Waals surface area contributed by atoms with Crippen molar-refractivity contribution < 1.29 is 14.2 Å². The van der Waals surface area contributed by atoms with Gasteiger partial charge in [-0.25, -0.2) is 0 Å². The highest BCUT2D eigenvalue weighted by Gasteiger charge is 2.34. The van der Waals surface area contributed by atoms with E-state index in [-0.39, 0.29) is 24.4 Å². The van der Waals surface area contributed by atoms with E-state index in [4.69, 9.17) is 14.2 Å². The predicted octanol–water partition coefficient (Wildman–Crippen LogP) is 4.35. The van der Waals surface area contributed by atoms with Crippen LogP contribution < -0.4 is 0 Å². The molecule has 0 saturated carbocycles. The lowest BCUT2D eigenvalue weighted by molar-refractivity contribution is -0.191. The van der Waals surface area contributed by atoms with E-state index in [9.17, 15) is 0 Å². The van der Waals surface area contributed by atoms with Crippen molar-refractivity contribution in [2.24, 2.45) is 0 Å². The first-order valence-corrected chi connectivity index (χ1v) is 8.69. The molecule has 0 aromatic heterocycles. The lowest BCUT2D eigenvalue weighted by atomic mass is 9.99. The second-order valence-corrected chi connectivity index (χ2v) is 6.45. The van der Waals surface area contributed by atoms with Gasteiger partial charge < -0.3 is 14.2 Å². The summed E-state index contributed by atoms with van der Waals surface area (Å²) in [6.07, 6.45) is 1.15. The lowest BCUT2D eigenvalue weighted by Crippen LogP contribution is -2.46. The number of rotatable bonds is 6. The van der Waals surface area contributed by atoms with Crippen LogP contribution >= 0.6 is 0 Å². The quantitative estimate of drug-likeness (QED) is 0.789. The van der Waals surface area contributed by atoms with E-state index in [1.807, 2.05) is 36.4 Å². The highest BCUT2D eigenvalue weighted by atomic mass is 16.6. The minimum absolute atomic E-state index is 0.0576. The molecule has 128 valence electrons. The van der Waals surface area contributed by atoms with Crippen LogP contribution in [0, 0.1) is 0 Å². The molecule has 2 aromatic rings. The van der Waals surface area contributed by atoms with Gasteiger partial charge in [0.2, 0.25) is 0 Å². The van der Waals surface area contributed by atoms with Crippen LogP contribution in [0.4, 0.5) is 0 Å². The Morgan fingerprint density at radius 3 is 1.58 bits per heavy atom. The van der Waals surface area contributed by atoms with E-state index in [1.165, 1.54) is 11.1 Å². The summed E-state index contributed by atoms with van der Waals surface area (Å²) in [5.41, 5.74) is 2.37. The van der Waals surface area contributed by atoms with Crippen LogP contribution in [0.3, 0.4) is 0 Å². The van der Waals surface area contributed by atoms with E-state index >= 15 is 0 Å². The molecule has 1 saturated heterocycles. The summed E-state index contributed by atoms with van der Waals surface area (Å²) in [5, 5.41) is 0. The molecule has 24 heavy (non-hydrogen) atoms. The third-order valence-electron chi connectivity index (χ3n) is 4.55. The predicted molar refractivity (Wildman–Crippen MR) is 94.7 cm³/mol. The Morgan fingerprint density at radius 1 is 0.750 bits per heavy atom. The van der Waals surface area contributed by atoms with Crippen molar-refractivity contribution >= 4 is 0 Å². The number of hydrogen-bond acceptors (Lipinski definition) is 3.